The Morgan fingerprint density at radius 3 is 3.06 bits per heavy atom. The van der Waals surface area contributed by atoms with Gasteiger partial charge in [-0.15, -0.1) is 0 Å². The molecule has 1 heterocycles. The summed E-state index contributed by atoms with van der Waals surface area (Å²) in [5.41, 5.74) is 8.85. The van der Waals surface area contributed by atoms with Gasteiger partial charge in [0.05, 0.1) is 23.1 Å². The predicted octanol–water partition coefficient (Wildman–Crippen LogP) is 2.75. The molecule has 2 aromatic rings. The molecule has 4 nitrogen and oxygen atoms in total. The van der Waals surface area contributed by atoms with Crippen molar-refractivity contribution in [3.8, 4) is 0 Å². The number of nitrogens with one attached hydrogen (secondary N) is 2. The summed E-state index contributed by atoms with van der Waals surface area (Å²) in [6.07, 6.45) is 7.25. The molecule has 1 aliphatic carbocycles. The molecule has 1 saturated carbocycles. The van der Waals surface area contributed by atoms with Crippen molar-refractivity contribution in [2.24, 2.45) is 5.92 Å². The van der Waals surface area contributed by atoms with Gasteiger partial charge < -0.3 is 11.1 Å². The second-order valence-corrected chi connectivity index (χ2v) is 4.91. The summed E-state index contributed by atoms with van der Waals surface area (Å²) in [6.45, 7) is 1.01. The first-order valence-electron chi connectivity index (χ1n) is 6.29. The van der Waals surface area contributed by atoms with E-state index in [1.54, 1.807) is 6.20 Å². The van der Waals surface area contributed by atoms with Crippen LogP contribution in [-0.4, -0.2) is 16.7 Å². The van der Waals surface area contributed by atoms with Crippen molar-refractivity contribution in [1.82, 2.24) is 10.2 Å². The Labute approximate surface area is 101 Å². The fourth-order valence-corrected chi connectivity index (χ4v) is 2.35. The maximum Gasteiger partial charge on any atom is 0.0672 e. The van der Waals surface area contributed by atoms with Gasteiger partial charge in [0, 0.05) is 11.9 Å². The van der Waals surface area contributed by atoms with Crippen LogP contribution in [0, 0.1) is 5.92 Å². The Kier molecular flexibility index (Phi) is 2.63. The van der Waals surface area contributed by atoms with Gasteiger partial charge in [-0.2, -0.15) is 5.10 Å². The van der Waals surface area contributed by atoms with Gasteiger partial charge in [-0.1, -0.05) is 19.3 Å². The van der Waals surface area contributed by atoms with Crippen LogP contribution in [0.25, 0.3) is 10.9 Å². The first kappa shape index (κ1) is 10.4. The molecule has 17 heavy (non-hydrogen) atoms. The first-order chi connectivity index (χ1) is 8.33. The minimum absolute atomic E-state index is 0.799. The molecule has 3 rings (SSSR count). The molecule has 0 amide bonds. The van der Waals surface area contributed by atoms with Gasteiger partial charge in [0.2, 0.25) is 0 Å². The van der Waals surface area contributed by atoms with Crippen LogP contribution in [-0.2, 0) is 0 Å². The number of fused-ring (bicyclic) bond motifs is 1. The van der Waals surface area contributed by atoms with Crippen molar-refractivity contribution in [3.05, 3.63) is 18.3 Å². The smallest absolute Gasteiger partial charge is 0.0672 e. The van der Waals surface area contributed by atoms with E-state index in [1.165, 1.54) is 25.7 Å². The van der Waals surface area contributed by atoms with E-state index in [-0.39, 0.29) is 0 Å². The lowest BCUT2D eigenvalue weighted by Gasteiger charge is -2.25. The minimum Gasteiger partial charge on any atom is -0.397 e. The van der Waals surface area contributed by atoms with Crippen molar-refractivity contribution in [3.63, 3.8) is 0 Å². The highest BCUT2D eigenvalue weighted by molar-refractivity contribution is 5.88. The van der Waals surface area contributed by atoms with Gasteiger partial charge in [0.1, 0.15) is 0 Å². The average Bonchev–Trinajstić information content (AvgIpc) is 2.68. The van der Waals surface area contributed by atoms with Crippen LogP contribution in [0.5, 0.6) is 0 Å². The average molecular weight is 230 g/mol. The van der Waals surface area contributed by atoms with E-state index in [2.05, 4.69) is 15.5 Å². The van der Waals surface area contributed by atoms with Crippen LogP contribution < -0.4 is 11.1 Å². The van der Waals surface area contributed by atoms with E-state index in [1.807, 2.05) is 12.1 Å². The van der Waals surface area contributed by atoms with E-state index >= 15 is 0 Å². The number of nitrogens with two attached hydrogens (primary N) is 1. The molecule has 90 valence electrons. The quantitative estimate of drug-likeness (QED) is 0.707. The van der Waals surface area contributed by atoms with Gasteiger partial charge in [-0.25, -0.2) is 0 Å². The number of aromatic nitrogens is 2. The minimum atomic E-state index is 0.799. The van der Waals surface area contributed by atoms with Crippen molar-refractivity contribution >= 4 is 22.3 Å². The molecule has 0 saturated heterocycles. The molecular weight excluding hydrogens is 212 g/mol. The van der Waals surface area contributed by atoms with Crippen LogP contribution in [0.2, 0.25) is 0 Å². The highest BCUT2D eigenvalue weighted by Crippen LogP contribution is 2.30. The third-order valence-corrected chi connectivity index (χ3v) is 3.70. The summed E-state index contributed by atoms with van der Waals surface area (Å²) in [7, 11) is 0. The Hall–Kier alpha value is -1.71. The van der Waals surface area contributed by atoms with Gasteiger partial charge in [0.25, 0.3) is 0 Å². The summed E-state index contributed by atoms with van der Waals surface area (Å²) in [5, 5.41) is 11.5. The maximum absolute atomic E-state index is 6.01. The van der Waals surface area contributed by atoms with E-state index in [4.69, 9.17) is 5.73 Å². The number of nitrogens with zero attached hydrogens (tertiary/aromatic N) is 1. The number of anilines is 2. The molecule has 4 N–H and O–H groups in total. The third kappa shape index (κ3) is 2.07. The molecule has 1 aromatic heterocycles. The standard InChI is InChI=1S/C13H18N4/c14-11-6-10-8-16-17-12(10)7-13(11)15-5-4-9-2-1-3-9/h6-9,15H,1-5,14H2,(H,16,17). The maximum atomic E-state index is 6.01. The molecule has 1 fully saturated rings. The van der Waals surface area contributed by atoms with Crippen LogP contribution in [0.1, 0.15) is 25.7 Å². The lowest BCUT2D eigenvalue weighted by molar-refractivity contribution is 0.303. The summed E-state index contributed by atoms with van der Waals surface area (Å²) >= 11 is 0. The zero-order chi connectivity index (χ0) is 11.7. The number of benzene rings is 1. The highest BCUT2D eigenvalue weighted by atomic mass is 15.1. The normalized spacial score (nSPS) is 16.0. The van der Waals surface area contributed by atoms with Crippen molar-refractivity contribution in [2.45, 2.75) is 25.7 Å². The van der Waals surface area contributed by atoms with Crippen LogP contribution in [0.3, 0.4) is 0 Å². The molecular formula is C13H18N4. The fourth-order valence-electron chi connectivity index (χ4n) is 2.35. The zero-order valence-corrected chi connectivity index (χ0v) is 9.87. The fraction of sp³-hybridized carbons (Fsp3) is 0.462. The molecule has 0 bridgehead atoms. The topological polar surface area (TPSA) is 66.7 Å². The molecule has 0 spiro atoms. The van der Waals surface area contributed by atoms with Gasteiger partial charge in [-0.3, -0.25) is 5.10 Å². The number of aromatic amines is 1. The first-order valence-corrected chi connectivity index (χ1v) is 6.29. The summed E-state index contributed by atoms with van der Waals surface area (Å²) in [6, 6.07) is 4.00. The molecule has 0 radical (unpaired) electrons. The monoisotopic (exact) mass is 230 g/mol. The van der Waals surface area contributed by atoms with E-state index in [9.17, 15) is 0 Å². The van der Waals surface area contributed by atoms with Crippen molar-refractivity contribution in [1.29, 1.82) is 0 Å². The number of rotatable bonds is 4. The van der Waals surface area contributed by atoms with Crippen molar-refractivity contribution < 1.29 is 0 Å². The predicted molar refractivity (Wildman–Crippen MR) is 71.0 cm³/mol. The third-order valence-electron chi connectivity index (χ3n) is 3.70. The molecule has 1 aliphatic rings. The van der Waals surface area contributed by atoms with E-state index in [0.717, 1.165) is 34.7 Å². The highest BCUT2D eigenvalue weighted by Gasteiger charge is 2.16. The summed E-state index contributed by atoms with van der Waals surface area (Å²) in [5.74, 6) is 0.930. The lowest BCUT2D eigenvalue weighted by Crippen LogP contribution is -2.16. The molecule has 1 aromatic carbocycles. The van der Waals surface area contributed by atoms with E-state index < -0.39 is 0 Å². The number of H-pyrrole nitrogens is 1. The summed E-state index contributed by atoms with van der Waals surface area (Å²) < 4.78 is 0. The van der Waals surface area contributed by atoms with Gasteiger partial charge in [0.15, 0.2) is 0 Å². The Bertz CT molecular complexity index is 513. The number of hydrogen-bond donors (Lipinski definition) is 3. The molecule has 0 aliphatic heterocycles. The zero-order valence-electron chi connectivity index (χ0n) is 9.87. The largest absolute Gasteiger partial charge is 0.397 e. The Balaban J connectivity index is 1.68. The van der Waals surface area contributed by atoms with Crippen LogP contribution in [0.15, 0.2) is 18.3 Å². The number of hydrogen-bond acceptors (Lipinski definition) is 3. The SMILES string of the molecule is Nc1cc2cn[nH]c2cc1NCCC1CCC1. The molecule has 0 unspecified atom stereocenters. The second-order valence-electron chi connectivity index (χ2n) is 4.91. The van der Waals surface area contributed by atoms with Crippen LogP contribution in [0.4, 0.5) is 11.4 Å². The second kappa shape index (κ2) is 4.28. The van der Waals surface area contributed by atoms with Crippen molar-refractivity contribution in [2.75, 3.05) is 17.6 Å². The van der Waals surface area contributed by atoms with Crippen LogP contribution >= 0.6 is 0 Å². The van der Waals surface area contributed by atoms with Gasteiger partial charge >= 0.3 is 0 Å². The van der Waals surface area contributed by atoms with Gasteiger partial charge in [-0.05, 0) is 24.5 Å². The molecule has 4 heteroatoms. The number of nitrogen functional groups attached to an aromatic ring is 1. The Morgan fingerprint density at radius 1 is 1.41 bits per heavy atom. The summed E-state index contributed by atoms with van der Waals surface area (Å²) in [4.78, 5) is 0. The lowest BCUT2D eigenvalue weighted by atomic mass is 9.83. The van der Waals surface area contributed by atoms with E-state index in [0.29, 0.717) is 0 Å². The molecule has 0 atom stereocenters. The Morgan fingerprint density at radius 2 is 2.29 bits per heavy atom.